The van der Waals surface area contributed by atoms with Gasteiger partial charge in [-0.25, -0.2) is 8.42 Å². The highest BCUT2D eigenvalue weighted by atomic mass is 32.2. The summed E-state index contributed by atoms with van der Waals surface area (Å²) in [6.07, 6.45) is 0.721. The molecular formula is C17H16N2O3S2. The smallest absolute Gasteiger partial charge is 0.248 e. The maximum absolute atomic E-state index is 12.5. The molecule has 7 heteroatoms. The number of sulfone groups is 1. The maximum atomic E-state index is 12.5. The molecule has 0 radical (unpaired) electrons. The van der Waals surface area contributed by atoms with Crippen LogP contribution >= 0.6 is 11.3 Å². The molecule has 24 heavy (non-hydrogen) atoms. The maximum Gasteiger partial charge on any atom is 0.248 e. The summed E-state index contributed by atoms with van der Waals surface area (Å²) in [5, 5.41) is 6.78. The van der Waals surface area contributed by atoms with Crippen molar-refractivity contribution < 1.29 is 13.2 Å². The topological polar surface area (TPSA) is 66.8 Å². The van der Waals surface area contributed by atoms with Gasteiger partial charge in [-0.3, -0.25) is 4.79 Å². The van der Waals surface area contributed by atoms with Crippen molar-refractivity contribution in [3.63, 3.8) is 0 Å². The van der Waals surface area contributed by atoms with Crippen LogP contribution in [0.15, 0.2) is 46.4 Å². The number of carbonyl (C=O) groups excluding carboxylic acids is 1. The summed E-state index contributed by atoms with van der Waals surface area (Å²) in [7, 11) is -3.34. The number of anilines is 1. The Hall–Kier alpha value is -1.99. The molecule has 1 aromatic heterocycles. The number of nitrogens with zero attached hydrogens (tertiary/aromatic N) is 2. The lowest BCUT2D eigenvalue weighted by Gasteiger charge is -2.27. The van der Waals surface area contributed by atoms with Crippen molar-refractivity contribution in [3.8, 4) is 0 Å². The van der Waals surface area contributed by atoms with Crippen molar-refractivity contribution in [1.29, 1.82) is 0 Å². The van der Waals surface area contributed by atoms with Gasteiger partial charge >= 0.3 is 0 Å². The summed E-state index contributed by atoms with van der Waals surface area (Å²) >= 11 is 1.50. The third-order valence-corrected chi connectivity index (χ3v) is 7.20. The van der Waals surface area contributed by atoms with Gasteiger partial charge in [0.2, 0.25) is 5.91 Å². The predicted molar refractivity (Wildman–Crippen MR) is 94.3 cm³/mol. The summed E-state index contributed by atoms with van der Waals surface area (Å²) in [5.74, 6) is -0.172. The fraction of sp³-hybridized carbons (Fsp3) is 0.294. The van der Waals surface area contributed by atoms with Crippen LogP contribution in [-0.2, 0) is 14.6 Å². The highest BCUT2D eigenvalue weighted by molar-refractivity contribution is 7.91. The van der Waals surface area contributed by atoms with Crippen LogP contribution in [0.25, 0.3) is 0 Å². The molecule has 0 aliphatic carbocycles. The van der Waals surface area contributed by atoms with Crippen LogP contribution in [0.3, 0.4) is 0 Å². The number of aryl methyl sites for hydroxylation is 1. The van der Waals surface area contributed by atoms with Crippen LogP contribution in [0.1, 0.15) is 23.3 Å². The van der Waals surface area contributed by atoms with E-state index < -0.39 is 9.84 Å². The van der Waals surface area contributed by atoms with Gasteiger partial charge in [-0.05, 0) is 31.5 Å². The first-order valence-corrected chi connectivity index (χ1v) is 10.2. The molecule has 1 amide bonds. The van der Waals surface area contributed by atoms with Gasteiger partial charge in [0.15, 0.2) is 9.84 Å². The largest absolute Gasteiger partial charge is 0.273 e. The van der Waals surface area contributed by atoms with Gasteiger partial charge in [0.1, 0.15) is 5.00 Å². The molecule has 0 saturated heterocycles. The molecule has 0 fully saturated rings. The van der Waals surface area contributed by atoms with Crippen LogP contribution < -0.4 is 5.01 Å². The van der Waals surface area contributed by atoms with Crippen LogP contribution in [0.2, 0.25) is 0 Å². The van der Waals surface area contributed by atoms with Gasteiger partial charge in [-0.15, -0.1) is 11.3 Å². The lowest BCUT2D eigenvalue weighted by Crippen LogP contribution is -2.37. The predicted octanol–water partition coefficient (Wildman–Crippen LogP) is 2.99. The average molecular weight is 360 g/mol. The lowest BCUT2D eigenvalue weighted by molar-refractivity contribution is -0.119. The van der Waals surface area contributed by atoms with Crippen molar-refractivity contribution in [1.82, 2.24) is 0 Å². The Kier molecular flexibility index (Phi) is 3.58. The minimum Gasteiger partial charge on any atom is -0.273 e. The average Bonchev–Trinajstić information content (AvgIpc) is 2.95. The number of hydrogen-bond acceptors (Lipinski definition) is 5. The summed E-state index contributed by atoms with van der Waals surface area (Å²) < 4.78 is 25.0. The fourth-order valence-corrected chi connectivity index (χ4v) is 5.66. The summed E-state index contributed by atoms with van der Waals surface area (Å²) in [6.45, 7) is 1.98. The van der Waals surface area contributed by atoms with E-state index in [1.54, 1.807) is 18.2 Å². The minimum absolute atomic E-state index is 0.0547. The summed E-state index contributed by atoms with van der Waals surface area (Å²) in [4.78, 5) is 13.9. The number of fused-ring (bicyclic) bond motifs is 3. The van der Waals surface area contributed by atoms with Crippen molar-refractivity contribution in [2.75, 3.05) is 10.8 Å². The monoisotopic (exact) mass is 360 g/mol. The van der Waals surface area contributed by atoms with Gasteiger partial charge < -0.3 is 0 Å². The van der Waals surface area contributed by atoms with Crippen molar-refractivity contribution >= 4 is 37.8 Å². The van der Waals surface area contributed by atoms with E-state index in [1.165, 1.54) is 16.3 Å². The quantitative estimate of drug-likeness (QED) is 0.785. The molecule has 0 N–H and O–H groups in total. The molecule has 3 heterocycles. The van der Waals surface area contributed by atoms with E-state index in [1.807, 2.05) is 25.1 Å². The zero-order valence-corrected chi connectivity index (χ0v) is 14.7. The Morgan fingerprint density at radius 1 is 1.21 bits per heavy atom. The number of rotatable bonds is 1. The Morgan fingerprint density at radius 2 is 2.00 bits per heavy atom. The third kappa shape index (κ3) is 2.48. The van der Waals surface area contributed by atoms with Gasteiger partial charge in [-0.2, -0.15) is 10.1 Å². The number of carbonyl (C=O) groups is 1. The second kappa shape index (κ2) is 5.53. The SMILES string of the molecule is Cc1ccc(N2N=C3c4ccccc4S(=O)(=O)CCC3CC2=O)s1. The molecule has 1 atom stereocenters. The molecular weight excluding hydrogens is 344 g/mol. The zero-order chi connectivity index (χ0) is 16.9. The number of amides is 1. The highest BCUT2D eigenvalue weighted by Crippen LogP contribution is 2.35. The molecule has 124 valence electrons. The van der Waals surface area contributed by atoms with Crippen LogP contribution in [-0.4, -0.2) is 25.8 Å². The Morgan fingerprint density at radius 3 is 2.75 bits per heavy atom. The van der Waals surface area contributed by atoms with Crippen molar-refractivity contribution in [2.24, 2.45) is 11.0 Å². The van der Waals surface area contributed by atoms with Crippen LogP contribution in [0.5, 0.6) is 0 Å². The molecule has 2 aliphatic rings. The molecule has 4 rings (SSSR count). The number of benzene rings is 1. The van der Waals surface area contributed by atoms with E-state index in [4.69, 9.17) is 0 Å². The normalized spacial score (nSPS) is 22.4. The standard InChI is InChI=1S/C17H16N2O3S2/c1-11-6-7-16(23-11)19-15(20)10-12-8-9-24(21,22)14-5-3-2-4-13(14)17(12)18-19/h2-7,12H,8-10H2,1H3. The fourth-order valence-electron chi connectivity index (χ4n) is 3.22. The molecule has 2 aromatic rings. The lowest BCUT2D eigenvalue weighted by atomic mass is 9.90. The summed E-state index contributed by atoms with van der Waals surface area (Å²) in [5.41, 5.74) is 1.34. The molecule has 0 spiro atoms. The van der Waals surface area contributed by atoms with Gasteiger partial charge in [0, 0.05) is 22.8 Å². The third-order valence-electron chi connectivity index (χ3n) is 4.42. The van der Waals surface area contributed by atoms with Crippen molar-refractivity contribution in [2.45, 2.75) is 24.7 Å². The molecule has 0 bridgehead atoms. The second-order valence-electron chi connectivity index (χ2n) is 6.08. The van der Waals surface area contributed by atoms with E-state index in [0.717, 1.165) is 9.88 Å². The van der Waals surface area contributed by atoms with Crippen LogP contribution in [0.4, 0.5) is 5.00 Å². The van der Waals surface area contributed by atoms with Crippen molar-refractivity contribution in [3.05, 3.63) is 46.8 Å². The molecule has 5 nitrogen and oxygen atoms in total. The zero-order valence-electron chi connectivity index (χ0n) is 13.1. The highest BCUT2D eigenvalue weighted by Gasteiger charge is 2.37. The first kappa shape index (κ1) is 15.5. The second-order valence-corrected chi connectivity index (χ2v) is 9.42. The van der Waals surface area contributed by atoms with E-state index >= 15 is 0 Å². The number of hydrazone groups is 1. The Balaban J connectivity index is 1.89. The number of thiophene rings is 1. The Bertz CT molecular complexity index is 960. The first-order valence-electron chi connectivity index (χ1n) is 7.76. The van der Waals surface area contributed by atoms with E-state index in [-0.39, 0.29) is 17.6 Å². The molecule has 1 unspecified atom stereocenters. The van der Waals surface area contributed by atoms with Gasteiger partial charge in [0.25, 0.3) is 0 Å². The number of hydrogen-bond donors (Lipinski definition) is 0. The first-order chi connectivity index (χ1) is 11.5. The molecule has 0 saturated carbocycles. The van der Waals surface area contributed by atoms with E-state index in [9.17, 15) is 13.2 Å². The van der Waals surface area contributed by atoms with E-state index in [0.29, 0.717) is 29.0 Å². The minimum atomic E-state index is -3.34. The van der Waals surface area contributed by atoms with Crippen LogP contribution in [0, 0.1) is 12.8 Å². The van der Waals surface area contributed by atoms with Gasteiger partial charge in [-0.1, -0.05) is 18.2 Å². The molecule has 2 aliphatic heterocycles. The van der Waals surface area contributed by atoms with E-state index in [2.05, 4.69) is 5.10 Å². The summed E-state index contributed by atoms with van der Waals surface area (Å²) in [6, 6.07) is 10.8. The molecule has 1 aromatic carbocycles. The van der Waals surface area contributed by atoms with Gasteiger partial charge in [0.05, 0.1) is 16.4 Å². The Labute approximate surface area is 144 Å².